The van der Waals surface area contributed by atoms with Crippen molar-refractivity contribution in [3.05, 3.63) is 23.9 Å². The van der Waals surface area contributed by atoms with E-state index in [9.17, 15) is 0 Å². The van der Waals surface area contributed by atoms with Crippen molar-refractivity contribution in [2.75, 3.05) is 31.1 Å². The van der Waals surface area contributed by atoms with E-state index >= 15 is 0 Å². The minimum atomic E-state index is 0.0765. The van der Waals surface area contributed by atoms with Crippen LogP contribution in [0.25, 0.3) is 0 Å². The highest BCUT2D eigenvalue weighted by Gasteiger charge is 2.31. The van der Waals surface area contributed by atoms with Crippen LogP contribution in [0.5, 0.6) is 0 Å². The smallest absolute Gasteiger partial charge is 0.128 e. The molecule has 1 saturated carbocycles. The van der Waals surface area contributed by atoms with Gasteiger partial charge in [-0.3, -0.25) is 10.3 Å². The van der Waals surface area contributed by atoms with E-state index in [0.717, 1.165) is 38.0 Å². The fourth-order valence-corrected chi connectivity index (χ4v) is 2.49. The molecule has 5 heteroatoms. The number of nitrogen functional groups attached to an aromatic ring is 1. The van der Waals surface area contributed by atoms with Crippen LogP contribution in [0.15, 0.2) is 18.3 Å². The first-order chi connectivity index (χ1) is 8.74. The average Bonchev–Trinajstić information content (AvgIpc) is 3.23. The van der Waals surface area contributed by atoms with Gasteiger partial charge in [0.05, 0.1) is 0 Å². The summed E-state index contributed by atoms with van der Waals surface area (Å²) < 4.78 is 0. The molecule has 96 valence electrons. The number of pyridine rings is 1. The van der Waals surface area contributed by atoms with Gasteiger partial charge in [-0.15, -0.1) is 0 Å². The first-order valence-corrected chi connectivity index (χ1v) is 6.53. The summed E-state index contributed by atoms with van der Waals surface area (Å²) in [6.45, 7) is 4.37. The lowest BCUT2D eigenvalue weighted by molar-refractivity contribution is 0.247. The fourth-order valence-electron chi connectivity index (χ4n) is 2.49. The number of amidine groups is 1. The number of nitrogens with zero attached hydrogens (tertiary/aromatic N) is 3. The van der Waals surface area contributed by atoms with Gasteiger partial charge in [-0.1, -0.05) is 0 Å². The van der Waals surface area contributed by atoms with E-state index < -0.39 is 0 Å². The van der Waals surface area contributed by atoms with Gasteiger partial charge in [-0.05, 0) is 25.0 Å². The molecular weight excluding hydrogens is 226 g/mol. The molecule has 0 unspecified atom stereocenters. The Morgan fingerprint density at radius 1 is 1.22 bits per heavy atom. The maximum Gasteiger partial charge on any atom is 0.128 e. The Morgan fingerprint density at radius 2 is 1.94 bits per heavy atom. The Labute approximate surface area is 107 Å². The summed E-state index contributed by atoms with van der Waals surface area (Å²) in [7, 11) is 0. The highest BCUT2D eigenvalue weighted by atomic mass is 15.3. The lowest BCUT2D eigenvalue weighted by Gasteiger charge is -2.35. The molecule has 2 heterocycles. The van der Waals surface area contributed by atoms with Gasteiger partial charge in [0.15, 0.2) is 0 Å². The molecular formula is C13H19N5. The van der Waals surface area contributed by atoms with Crippen molar-refractivity contribution < 1.29 is 0 Å². The molecule has 0 radical (unpaired) electrons. The molecule has 0 spiro atoms. The molecule has 1 saturated heterocycles. The predicted molar refractivity (Wildman–Crippen MR) is 72.1 cm³/mol. The van der Waals surface area contributed by atoms with Crippen LogP contribution >= 0.6 is 0 Å². The van der Waals surface area contributed by atoms with Crippen LogP contribution in [0.3, 0.4) is 0 Å². The number of anilines is 1. The summed E-state index contributed by atoms with van der Waals surface area (Å²) in [6.07, 6.45) is 4.45. The van der Waals surface area contributed by atoms with Crippen LogP contribution in [0.4, 0.5) is 5.82 Å². The van der Waals surface area contributed by atoms with Crippen molar-refractivity contribution in [3.8, 4) is 0 Å². The summed E-state index contributed by atoms with van der Waals surface area (Å²) in [5.41, 5.74) is 6.11. The second kappa shape index (κ2) is 4.57. The molecule has 2 aliphatic rings. The Balaban J connectivity index is 1.62. The summed E-state index contributed by atoms with van der Waals surface area (Å²) >= 11 is 0. The third-order valence-electron chi connectivity index (χ3n) is 3.76. The van der Waals surface area contributed by atoms with Crippen LogP contribution in [0.2, 0.25) is 0 Å². The lowest BCUT2D eigenvalue weighted by Crippen LogP contribution is -2.47. The third kappa shape index (κ3) is 2.31. The van der Waals surface area contributed by atoms with Crippen LogP contribution in [-0.2, 0) is 0 Å². The molecule has 1 aliphatic carbocycles. The quantitative estimate of drug-likeness (QED) is 0.606. The summed E-state index contributed by atoms with van der Waals surface area (Å²) in [4.78, 5) is 9.29. The molecule has 18 heavy (non-hydrogen) atoms. The number of rotatable bonds is 3. The molecule has 1 aliphatic heterocycles. The van der Waals surface area contributed by atoms with Gasteiger partial charge in [-0.2, -0.15) is 0 Å². The van der Waals surface area contributed by atoms with Crippen molar-refractivity contribution in [2.45, 2.75) is 18.9 Å². The number of piperazine rings is 1. The number of nitrogens with one attached hydrogen (secondary N) is 1. The van der Waals surface area contributed by atoms with Crippen molar-refractivity contribution >= 4 is 11.7 Å². The average molecular weight is 245 g/mol. The SMILES string of the molecule is N=C(N)c1ccc(N2CCN(C3CC3)CC2)nc1. The Morgan fingerprint density at radius 3 is 2.44 bits per heavy atom. The lowest BCUT2D eigenvalue weighted by atomic mass is 10.2. The van der Waals surface area contributed by atoms with E-state index in [4.69, 9.17) is 11.1 Å². The zero-order chi connectivity index (χ0) is 12.5. The number of nitrogens with two attached hydrogens (primary N) is 1. The third-order valence-corrected chi connectivity index (χ3v) is 3.76. The minimum Gasteiger partial charge on any atom is -0.384 e. The normalized spacial score (nSPS) is 21.0. The molecule has 1 aromatic heterocycles. The molecule has 0 amide bonds. The summed E-state index contributed by atoms with van der Waals surface area (Å²) in [6, 6.07) is 4.70. The highest BCUT2D eigenvalue weighted by Crippen LogP contribution is 2.28. The van der Waals surface area contributed by atoms with E-state index in [1.165, 1.54) is 12.8 Å². The van der Waals surface area contributed by atoms with E-state index in [2.05, 4.69) is 14.8 Å². The zero-order valence-corrected chi connectivity index (χ0v) is 10.5. The van der Waals surface area contributed by atoms with Crippen molar-refractivity contribution in [1.82, 2.24) is 9.88 Å². The Hall–Kier alpha value is -1.62. The van der Waals surface area contributed by atoms with E-state index in [1.807, 2.05) is 12.1 Å². The predicted octanol–water partition coefficient (Wildman–Crippen LogP) is 0.650. The minimum absolute atomic E-state index is 0.0765. The Kier molecular flexibility index (Phi) is 2.91. The van der Waals surface area contributed by atoms with Gasteiger partial charge in [0.25, 0.3) is 0 Å². The summed E-state index contributed by atoms with van der Waals surface area (Å²) in [5.74, 6) is 1.07. The zero-order valence-electron chi connectivity index (χ0n) is 10.5. The van der Waals surface area contributed by atoms with Crippen LogP contribution in [-0.4, -0.2) is 47.9 Å². The second-order valence-corrected chi connectivity index (χ2v) is 5.07. The van der Waals surface area contributed by atoms with Crippen molar-refractivity contribution in [1.29, 1.82) is 5.41 Å². The number of hydrogen-bond donors (Lipinski definition) is 2. The first-order valence-electron chi connectivity index (χ1n) is 6.53. The van der Waals surface area contributed by atoms with Gasteiger partial charge in [-0.25, -0.2) is 4.98 Å². The molecule has 0 bridgehead atoms. The Bertz CT molecular complexity index is 429. The van der Waals surface area contributed by atoms with Gasteiger partial charge in [0.1, 0.15) is 11.7 Å². The molecule has 5 nitrogen and oxygen atoms in total. The van der Waals surface area contributed by atoms with Crippen LogP contribution in [0.1, 0.15) is 18.4 Å². The molecule has 2 fully saturated rings. The van der Waals surface area contributed by atoms with E-state index in [0.29, 0.717) is 5.56 Å². The molecule has 0 aromatic carbocycles. The van der Waals surface area contributed by atoms with Crippen molar-refractivity contribution in [2.24, 2.45) is 5.73 Å². The molecule has 3 N–H and O–H groups in total. The molecule has 3 rings (SSSR count). The van der Waals surface area contributed by atoms with Crippen LogP contribution < -0.4 is 10.6 Å². The second-order valence-electron chi connectivity index (χ2n) is 5.07. The van der Waals surface area contributed by atoms with Gasteiger partial charge in [0, 0.05) is 44.0 Å². The monoisotopic (exact) mass is 245 g/mol. The fraction of sp³-hybridized carbons (Fsp3) is 0.538. The summed E-state index contributed by atoms with van der Waals surface area (Å²) in [5, 5.41) is 7.35. The topological polar surface area (TPSA) is 69.2 Å². The standard InChI is InChI=1S/C13H19N5/c14-13(15)10-1-4-12(16-9-10)18-7-5-17(6-8-18)11-2-3-11/h1,4,9,11H,2-3,5-8H2,(H3,14,15). The molecule has 0 atom stereocenters. The highest BCUT2D eigenvalue weighted by molar-refractivity contribution is 5.94. The van der Waals surface area contributed by atoms with Crippen LogP contribution in [0, 0.1) is 5.41 Å². The van der Waals surface area contributed by atoms with Gasteiger partial charge in [0.2, 0.25) is 0 Å². The number of hydrogen-bond acceptors (Lipinski definition) is 4. The maximum atomic E-state index is 7.35. The first kappa shape index (κ1) is 11.5. The van der Waals surface area contributed by atoms with Gasteiger partial charge >= 0.3 is 0 Å². The largest absolute Gasteiger partial charge is 0.384 e. The molecule has 1 aromatic rings. The van der Waals surface area contributed by atoms with E-state index in [1.54, 1.807) is 6.20 Å². The maximum absolute atomic E-state index is 7.35. The number of aromatic nitrogens is 1. The van der Waals surface area contributed by atoms with Gasteiger partial charge < -0.3 is 10.6 Å². The van der Waals surface area contributed by atoms with Crippen molar-refractivity contribution in [3.63, 3.8) is 0 Å². The van der Waals surface area contributed by atoms with E-state index in [-0.39, 0.29) is 5.84 Å².